The zero-order valence-corrected chi connectivity index (χ0v) is 38.2. The summed E-state index contributed by atoms with van der Waals surface area (Å²) in [6.45, 7) is 15.2. The Bertz CT molecular complexity index is 3910. The topological polar surface area (TPSA) is 103 Å². The molecule has 9 aromatic carbocycles. The maximum atomic E-state index is 10.1. The first-order valence-corrected chi connectivity index (χ1v) is 23.1. The average Bonchev–Trinajstić information content (AvgIpc) is 3.96. The molecule has 0 radical (unpaired) electrons. The van der Waals surface area contributed by atoms with Gasteiger partial charge in [-0.25, -0.2) is 9.69 Å². The number of aromatic nitrogens is 3. The molecular formula is C64H34N8. The number of benzene rings is 9. The van der Waals surface area contributed by atoms with Crippen molar-refractivity contribution in [1.82, 2.24) is 14.1 Å². The fraction of sp³-hybridized carbons (Fsp3) is 0. The highest BCUT2D eigenvalue weighted by Crippen LogP contribution is 2.44. The summed E-state index contributed by atoms with van der Waals surface area (Å²) in [4.78, 5) is 12.4. The second-order valence-corrected chi connectivity index (χ2v) is 17.5. The van der Waals surface area contributed by atoms with Crippen molar-refractivity contribution in [2.24, 2.45) is 0 Å². The molecule has 0 atom stereocenters. The molecule has 0 bridgehead atoms. The minimum absolute atomic E-state index is 0.534. The molecule has 0 N–H and O–H groups in total. The lowest BCUT2D eigenvalue weighted by Crippen LogP contribution is -2.05. The molecule has 0 saturated heterocycles. The highest BCUT2D eigenvalue weighted by molar-refractivity contribution is 6.14. The van der Waals surface area contributed by atoms with Gasteiger partial charge in [-0.05, 0) is 111 Å². The summed E-state index contributed by atoms with van der Waals surface area (Å²) < 4.78 is 4.58. The Morgan fingerprint density at radius 2 is 0.597 bits per heavy atom. The molecule has 3 heterocycles. The van der Waals surface area contributed by atoms with E-state index in [9.17, 15) is 15.8 Å². The van der Waals surface area contributed by atoms with E-state index in [0.717, 1.165) is 111 Å². The molecule has 0 aliphatic rings. The van der Waals surface area contributed by atoms with Gasteiger partial charge >= 0.3 is 0 Å². The zero-order valence-electron chi connectivity index (χ0n) is 38.2. The molecular weight excluding hydrogens is 881 g/mol. The first kappa shape index (κ1) is 42.5. The summed E-state index contributed by atoms with van der Waals surface area (Å²) in [5, 5.41) is 33.4. The number of nitriles is 3. The van der Waals surface area contributed by atoms with E-state index in [4.69, 9.17) is 18.1 Å². The standard InChI is InChI=1S/C64H34N8/c1-68-52-23-15-45(16-24-52)50-21-29-56-57-30-22-51(46-17-25-53(69-2)26-18-46)34-61(57)72(60(56)33-50)63-39-70-38-62(64(63)47-13-7-42(37-67)8-14-47)71-58-31-48(43-9-3-40(35-65)4-10-43)19-27-54(58)55-28-20-49(32-59(55)71)44-11-5-41(36-66)6-12-44/h3-34,38-39H. The van der Waals surface area contributed by atoms with Gasteiger partial charge in [0.1, 0.15) is 0 Å². The lowest BCUT2D eigenvalue weighted by Gasteiger charge is -2.20. The third kappa shape index (κ3) is 7.17. The number of pyridine rings is 1. The SMILES string of the molecule is [C-]#[N+]c1ccc(-c2ccc3c4ccc(-c5ccc([N+]#[C-])cc5)cc4n(-c4cncc(-n5c6cc(-c7ccc(C#N)cc7)ccc6c6ccc(-c7ccc(C#N)cc7)cc65)c4-c4ccc(C#N)cc4)c3c2)cc1. The summed E-state index contributed by atoms with van der Waals surface area (Å²) in [6.07, 6.45) is 3.84. The third-order valence-corrected chi connectivity index (χ3v) is 13.6. The first-order valence-electron chi connectivity index (χ1n) is 23.1. The number of fused-ring (bicyclic) bond motifs is 6. The summed E-state index contributed by atoms with van der Waals surface area (Å²) in [6, 6.07) is 71.0. The van der Waals surface area contributed by atoms with E-state index in [0.29, 0.717) is 28.1 Å². The van der Waals surface area contributed by atoms with Crippen LogP contribution in [0.15, 0.2) is 207 Å². The van der Waals surface area contributed by atoms with E-state index in [-0.39, 0.29) is 0 Å². The molecule has 0 fully saturated rings. The fourth-order valence-electron chi connectivity index (χ4n) is 9.99. The molecule has 12 rings (SSSR count). The van der Waals surface area contributed by atoms with Crippen LogP contribution in [0.25, 0.3) is 120 Å². The predicted molar refractivity (Wildman–Crippen MR) is 287 cm³/mol. The molecule has 8 heteroatoms. The highest BCUT2D eigenvalue weighted by atomic mass is 15.0. The Morgan fingerprint density at radius 3 is 0.875 bits per heavy atom. The third-order valence-electron chi connectivity index (χ3n) is 13.6. The van der Waals surface area contributed by atoms with Crippen LogP contribution in [-0.4, -0.2) is 14.1 Å². The summed E-state index contributed by atoms with van der Waals surface area (Å²) >= 11 is 0. The van der Waals surface area contributed by atoms with Crippen LogP contribution < -0.4 is 0 Å². The van der Waals surface area contributed by atoms with E-state index in [2.05, 4.69) is 110 Å². The van der Waals surface area contributed by atoms with Crippen LogP contribution in [0.1, 0.15) is 16.7 Å². The van der Waals surface area contributed by atoms with Crippen molar-refractivity contribution in [3.63, 3.8) is 0 Å². The maximum Gasteiger partial charge on any atom is 0.187 e. The molecule has 0 saturated carbocycles. The van der Waals surface area contributed by atoms with Crippen molar-refractivity contribution in [2.45, 2.75) is 0 Å². The number of hydrogen-bond acceptors (Lipinski definition) is 4. The van der Waals surface area contributed by atoms with Crippen LogP contribution in [0.3, 0.4) is 0 Å². The van der Waals surface area contributed by atoms with E-state index in [1.807, 2.05) is 134 Å². The summed E-state index contributed by atoms with van der Waals surface area (Å²) in [7, 11) is 0. The molecule has 0 spiro atoms. The molecule has 0 aliphatic carbocycles. The monoisotopic (exact) mass is 914 g/mol. The Hall–Kier alpha value is -10.8. The largest absolute Gasteiger partial charge is 0.307 e. The van der Waals surface area contributed by atoms with Crippen LogP contribution in [0, 0.1) is 47.1 Å². The van der Waals surface area contributed by atoms with Crippen molar-refractivity contribution < 1.29 is 0 Å². The number of hydrogen-bond donors (Lipinski definition) is 0. The lowest BCUT2D eigenvalue weighted by atomic mass is 10.0. The molecule has 0 amide bonds. The van der Waals surface area contributed by atoms with Crippen molar-refractivity contribution in [3.05, 3.63) is 246 Å². The molecule has 0 unspecified atom stereocenters. The second kappa shape index (κ2) is 17.4. The smallest absolute Gasteiger partial charge is 0.187 e. The fourth-order valence-corrected chi connectivity index (χ4v) is 9.99. The molecule has 72 heavy (non-hydrogen) atoms. The maximum absolute atomic E-state index is 10.1. The van der Waals surface area contributed by atoms with Gasteiger partial charge in [-0.1, -0.05) is 133 Å². The van der Waals surface area contributed by atoms with Gasteiger partial charge in [-0.3, -0.25) is 4.98 Å². The van der Waals surface area contributed by atoms with Gasteiger partial charge in [0.15, 0.2) is 11.4 Å². The van der Waals surface area contributed by atoms with Crippen molar-refractivity contribution in [3.8, 4) is 85.2 Å². The Morgan fingerprint density at radius 1 is 0.333 bits per heavy atom. The molecule has 0 aliphatic heterocycles. The molecule has 8 nitrogen and oxygen atoms in total. The Kier molecular flexibility index (Phi) is 10.3. The number of rotatable bonds is 7. The minimum atomic E-state index is 0.534. The van der Waals surface area contributed by atoms with Crippen LogP contribution in [0.2, 0.25) is 0 Å². The van der Waals surface area contributed by atoms with Crippen LogP contribution in [0.4, 0.5) is 11.4 Å². The van der Waals surface area contributed by atoms with Gasteiger partial charge in [0.2, 0.25) is 0 Å². The second-order valence-electron chi connectivity index (χ2n) is 17.5. The highest BCUT2D eigenvalue weighted by Gasteiger charge is 2.24. The van der Waals surface area contributed by atoms with Crippen molar-refractivity contribution in [1.29, 1.82) is 15.8 Å². The summed E-state index contributed by atoms with van der Waals surface area (Å²) in [5.41, 5.74) is 17.8. The van der Waals surface area contributed by atoms with E-state index in [1.54, 1.807) is 0 Å². The van der Waals surface area contributed by atoms with Gasteiger partial charge < -0.3 is 9.13 Å². The Labute approximate surface area is 414 Å². The van der Waals surface area contributed by atoms with Gasteiger partial charge in [0.25, 0.3) is 0 Å². The minimum Gasteiger partial charge on any atom is -0.307 e. The number of nitrogens with zero attached hydrogens (tertiary/aromatic N) is 8. The van der Waals surface area contributed by atoms with Gasteiger partial charge in [-0.2, -0.15) is 15.8 Å². The van der Waals surface area contributed by atoms with E-state index < -0.39 is 0 Å². The first-order chi connectivity index (χ1) is 35.4. The van der Waals surface area contributed by atoms with Gasteiger partial charge in [-0.15, -0.1) is 0 Å². The molecule has 330 valence electrons. The Balaban J connectivity index is 1.20. The quantitative estimate of drug-likeness (QED) is 0.149. The van der Waals surface area contributed by atoms with Crippen LogP contribution in [-0.2, 0) is 0 Å². The van der Waals surface area contributed by atoms with Crippen molar-refractivity contribution in [2.75, 3.05) is 0 Å². The van der Waals surface area contributed by atoms with E-state index in [1.165, 1.54) is 0 Å². The lowest BCUT2D eigenvalue weighted by molar-refractivity contribution is 1.09. The van der Waals surface area contributed by atoms with Gasteiger partial charge in [0, 0.05) is 27.1 Å². The normalized spacial score (nSPS) is 11.0. The van der Waals surface area contributed by atoms with Gasteiger partial charge in [0.05, 0.1) is 93.9 Å². The van der Waals surface area contributed by atoms with E-state index >= 15 is 0 Å². The van der Waals surface area contributed by atoms with Crippen LogP contribution >= 0.6 is 0 Å². The van der Waals surface area contributed by atoms with Crippen molar-refractivity contribution >= 4 is 55.0 Å². The summed E-state index contributed by atoms with van der Waals surface area (Å²) in [5.74, 6) is 0. The average molecular weight is 915 g/mol. The molecule has 3 aromatic heterocycles. The zero-order chi connectivity index (χ0) is 48.9. The predicted octanol–water partition coefficient (Wildman–Crippen LogP) is 16.3. The van der Waals surface area contributed by atoms with Crippen LogP contribution in [0.5, 0.6) is 0 Å². The molecule has 12 aromatic rings.